The predicted molar refractivity (Wildman–Crippen MR) is 142 cm³/mol. The highest BCUT2D eigenvalue weighted by Crippen LogP contribution is 2.53. The fourth-order valence-electron chi connectivity index (χ4n) is 4.75. The van der Waals surface area contributed by atoms with Crippen LogP contribution in [-0.4, -0.2) is 27.7 Å². The monoisotopic (exact) mass is 531 g/mol. The number of fused-ring (bicyclic) bond motifs is 2. The number of phenols is 1. The standard InChI is InChI=1S/C28H25N3O6S/c1-16-8-10-17(11-9-16)15-31-21-7-5-4-6-19(21)26-27(38(31,33)34)24(20(14-29)28(30)37-26)18-12-22(35-2)25(32)23(13-18)36-3/h4-13,24,32H,15,30H2,1-3H3. The van der Waals surface area contributed by atoms with E-state index in [1.807, 2.05) is 37.3 Å². The number of para-hydroxylation sites is 1. The van der Waals surface area contributed by atoms with Crippen molar-refractivity contribution >= 4 is 21.5 Å². The van der Waals surface area contributed by atoms with Crippen LogP contribution in [0.5, 0.6) is 17.2 Å². The SMILES string of the molecule is COc1cc(C2C(C#N)=C(N)OC3=C2S(=O)(=O)N(Cc2ccc(C)cc2)c2ccccc23)cc(OC)c1O. The molecule has 0 aliphatic carbocycles. The molecule has 1 unspecified atom stereocenters. The van der Waals surface area contributed by atoms with Gasteiger partial charge in [-0.15, -0.1) is 0 Å². The lowest BCUT2D eigenvalue weighted by Crippen LogP contribution is -2.39. The Morgan fingerprint density at radius 2 is 1.71 bits per heavy atom. The van der Waals surface area contributed by atoms with Gasteiger partial charge in [-0.25, -0.2) is 8.42 Å². The molecule has 0 radical (unpaired) electrons. The minimum absolute atomic E-state index is 0.0493. The third-order valence-electron chi connectivity index (χ3n) is 6.64. The number of nitrogens with zero attached hydrogens (tertiary/aromatic N) is 2. The highest BCUT2D eigenvalue weighted by molar-refractivity contribution is 7.96. The molecular formula is C28H25N3O6S. The van der Waals surface area contributed by atoms with E-state index in [0.29, 0.717) is 16.8 Å². The van der Waals surface area contributed by atoms with Crippen LogP contribution in [0.3, 0.4) is 0 Å². The van der Waals surface area contributed by atoms with Gasteiger partial charge in [-0.05, 0) is 42.3 Å². The maximum atomic E-state index is 14.4. The van der Waals surface area contributed by atoms with Gasteiger partial charge in [0.2, 0.25) is 11.6 Å². The lowest BCUT2D eigenvalue weighted by atomic mass is 9.87. The number of allylic oxidation sites excluding steroid dienone is 2. The minimum Gasteiger partial charge on any atom is -0.502 e. The number of sulfonamides is 1. The summed E-state index contributed by atoms with van der Waals surface area (Å²) < 4.78 is 46.6. The highest BCUT2D eigenvalue weighted by atomic mass is 32.2. The number of rotatable bonds is 5. The third-order valence-corrected chi connectivity index (χ3v) is 8.52. The van der Waals surface area contributed by atoms with Gasteiger partial charge < -0.3 is 25.1 Å². The molecule has 1 atom stereocenters. The van der Waals surface area contributed by atoms with E-state index in [1.165, 1.54) is 30.7 Å². The van der Waals surface area contributed by atoms with E-state index < -0.39 is 15.9 Å². The van der Waals surface area contributed by atoms with Crippen molar-refractivity contribution in [2.24, 2.45) is 5.73 Å². The molecule has 194 valence electrons. The number of aromatic hydroxyl groups is 1. The van der Waals surface area contributed by atoms with Crippen LogP contribution in [0.2, 0.25) is 0 Å². The third kappa shape index (κ3) is 3.88. The van der Waals surface area contributed by atoms with Gasteiger partial charge in [-0.3, -0.25) is 4.31 Å². The number of nitrogens with two attached hydrogens (primary N) is 1. The van der Waals surface area contributed by atoms with Crippen molar-refractivity contribution in [1.82, 2.24) is 0 Å². The molecule has 2 aliphatic rings. The van der Waals surface area contributed by atoms with Crippen LogP contribution in [0.1, 0.15) is 28.2 Å². The summed E-state index contributed by atoms with van der Waals surface area (Å²) in [7, 11) is -1.54. The van der Waals surface area contributed by atoms with Crippen molar-refractivity contribution < 1.29 is 27.7 Å². The van der Waals surface area contributed by atoms with Gasteiger partial charge in [0.05, 0.1) is 32.4 Å². The molecule has 38 heavy (non-hydrogen) atoms. The number of phenolic OH excluding ortho intramolecular Hbond substituents is 1. The Kier molecular flexibility index (Phi) is 6.17. The predicted octanol–water partition coefficient (Wildman–Crippen LogP) is 4.24. The fourth-order valence-corrected chi connectivity index (χ4v) is 6.66. The summed E-state index contributed by atoms with van der Waals surface area (Å²) in [5.74, 6) is -1.46. The van der Waals surface area contributed by atoms with E-state index in [4.69, 9.17) is 19.9 Å². The van der Waals surface area contributed by atoms with Crippen molar-refractivity contribution in [3.8, 4) is 23.3 Å². The molecule has 0 saturated carbocycles. The molecule has 0 saturated heterocycles. The normalized spacial score (nSPS) is 17.7. The zero-order valence-corrected chi connectivity index (χ0v) is 21.7. The van der Waals surface area contributed by atoms with Crippen LogP contribution >= 0.6 is 0 Å². The van der Waals surface area contributed by atoms with Crippen LogP contribution < -0.4 is 19.5 Å². The molecule has 9 nitrogen and oxygen atoms in total. The van der Waals surface area contributed by atoms with E-state index in [9.17, 15) is 18.8 Å². The molecule has 0 amide bonds. The summed E-state index contributed by atoms with van der Waals surface area (Å²) in [6, 6.07) is 19.5. The first-order valence-corrected chi connectivity index (χ1v) is 13.1. The van der Waals surface area contributed by atoms with Crippen LogP contribution in [-0.2, 0) is 21.3 Å². The second kappa shape index (κ2) is 9.36. The zero-order chi connectivity index (χ0) is 27.2. The molecule has 3 N–H and O–H groups in total. The summed E-state index contributed by atoms with van der Waals surface area (Å²) in [6.07, 6.45) is 0. The van der Waals surface area contributed by atoms with Crippen molar-refractivity contribution in [2.45, 2.75) is 19.4 Å². The topological polar surface area (TPSA) is 135 Å². The Morgan fingerprint density at radius 1 is 1.08 bits per heavy atom. The molecule has 2 heterocycles. The van der Waals surface area contributed by atoms with E-state index in [-0.39, 0.29) is 45.9 Å². The molecule has 0 aromatic heterocycles. The smallest absolute Gasteiger partial charge is 0.265 e. The van der Waals surface area contributed by atoms with Gasteiger partial charge in [0, 0.05) is 5.56 Å². The van der Waals surface area contributed by atoms with Gasteiger partial charge in [-0.2, -0.15) is 5.26 Å². The first-order valence-electron chi connectivity index (χ1n) is 11.7. The Balaban J connectivity index is 1.78. The van der Waals surface area contributed by atoms with E-state index in [1.54, 1.807) is 24.3 Å². The summed E-state index contributed by atoms with van der Waals surface area (Å²) >= 11 is 0. The maximum absolute atomic E-state index is 14.4. The average molecular weight is 532 g/mol. The number of hydrogen-bond acceptors (Lipinski definition) is 8. The molecule has 5 rings (SSSR count). The zero-order valence-electron chi connectivity index (χ0n) is 20.9. The van der Waals surface area contributed by atoms with Crippen LogP contribution in [0.25, 0.3) is 5.76 Å². The summed E-state index contributed by atoms with van der Waals surface area (Å²) in [6.45, 7) is 2.02. The summed E-state index contributed by atoms with van der Waals surface area (Å²) in [5.41, 5.74) is 9.22. The van der Waals surface area contributed by atoms with Crippen molar-refractivity contribution in [1.29, 1.82) is 5.26 Å². The largest absolute Gasteiger partial charge is 0.502 e. The molecule has 0 spiro atoms. The van der Waals surface area contributed by atoms with Gasteiger partial charge in [0.25, 0.3) is 10.0 Å². The lowest BCUT2D eigenvalue weighted by molar-refractivity contribution is 0.338. The van der Waals surface area contributed by atoms with E-state index in [2.05, 4.69) is 0 Å². The lowest BCUT2D eigenvalue weighted by Gasteiger charge is -2.38. The average Bonchev–Trinajstić information content (AvgIpc) is 2.91. The molecule has 10 heteroatoms. The molecule has 0 bridgehead atoms. The first kappa shape index (κ1) is 25.0. The molecule has 2 aliphatic heterocycles. The number of methoxy groups -OCH3 is 2. The van der Waals surface area contributed by atoms with Crippen LogP contribution in [0.15, 0.2) is 77.0 Å². The van der Waals surface area contributed by atoms with Crippen LogP contribution in [0, 0.1) is 18.3 Å². The van der Waals surface area contributed by atoms with Gasteiger partial charge in [-0.1, -0.05) is 42.0 Å². The molecule has 0 fully saturated rings. The van der Waals surface area contributed by atoms with E-state index in [0.717, 1.165) is 11.1 Å². The van der Waals surface area contributed by atoms with E-state index >= 15 is 0 Å². The quantitative estimate of drug-likeness (QED) is 0.499. The Morgan fingerprint density at radius 3 is 2.32 bits per heavy atom. The van der Waals surface area contributed by atoms with Gasteiger partial charge in [0.15, 0.2) is 17.3 Å². The maximum Gasteiger partial charge on any atom is 0.265 e. The number of aryl methyl sites for hydroxylation is 1. The van der Waals surface area contributed by atoms with Crippen molar-refractivity contribution in [3.63, 3.8) is 0 Å². The van der Waals surface area contributed by atoms with Crippen molar-refractivity contribution in [3.05, 3.63) is 99.3 Å². The number of benzene rings is 3. The number of nitriles is 1. The Bertz CT molecular complexity index is 1630. The fraction of sp³-hybridized carbons (Fsp3) is 0.179. The van der Waals surface area contributed by atoms with Gasteiger partial charge >= 0.3 is 0 Å². The number of ether oxygens (including phenoxy) is 3. The van der Waals surface area contributed by atoms with Crippen LogP contribution in [0.4, 0.5) is 5.69 Å². The molecule has 3 aromatic carbocycles. The van der Waals surface area contributed by atoms with Gasteiger partial charge in [0.1, 0.15) is 16.5 Å². The summed E-state index contributed by atoms with van der Waals surface area (Å²) in [4.78, 5) is -0.135. The molecule has 3 aromatic rings. The number of hydrogen-bond donors (Lipinski definition) is 2. The minimum atomic E-state index is -4.26. The summed E-state index contributed by atoms with van der Waals surface area (Å²) in [5, 5.41) is 20.5. The Hall–Kier alpha value is -4.62. The second-order valence-electron chi connectivity index (χ2n) is 8.91. The second-order valence-corrected chi connectivity index (χ2v) is 10.7. The molecular weight excluding hydrogens is 506 g/mol. The number of anilines is 1. The first-order chi connectivity index (χ1) is 18.2. The van der Waals surface area contributed by atoms with Crippen molar-refractivity contribution in [2.75, 3.05) is 18.5 Å². The highest BCUT2D eigenvalue weighted by Gasteiger charge is 2.47. The Labute approximate surface area is 220 Å².